The lowest BCUT2D eigenvalue weighted by molar-refractivity contribution is 0.744. The van der Waals surface area contributed by atoms with Gasteiger partial charge >= 0.3 is 0 Å². The zero-order chi connectivity index (χ0) is 10.9. The highest BCUT2D eigenvalue weighted by atomic mass is 35.6. The van der Waals surface area contributed by atoms with Crippen LogP contribution in [0, 0.1) is 0 Å². The lowest BCUT2D eigenvalue weighted by atomic mass is 10.3. The lowest BCUT2D eigenvalue weighted by Gasteiger charge is -2.21. The molecule has 0 radical (unpaired) electrons. The average molecular weight is 255 g/mol. The summed E-state index contributed by atoms with van der Waals surface area (Å²) in [6.45, 7) is 4.46. The van der Waals surface area contributed by atoms with E-state index in [1.165, 1.54) is 50.6 Å². The van der Waals surface area contributed by atoms with Gasteiger partial charge < -0.3 is 0 Å². The van der Waals surface area contributed by atoms with Crippen molar-refractivity contribution in [2.75, 3.05) is 5.50 Å². The Morgan fingerprint density at radius 3 is 1.57 bits per heavy atom. The first kappa shape index (κ1) is 14.8. The van der Waals surface area contributed by atoms with Crippen LogP contribution in [-0.2, 0) is 0 Å². The maximum atomic E-state index is 6.60. The van der Waals surface area contributed by atoms with Crippen LogP contribution in [0.1, 0.15) is 52.4 Å². The molecule has 0 spiro atoms. The molecule has 0 aromatic carbocycles. The highest BCUT2D eigenvalue weighted by Crippen LogP contribution is 2.27. The van der Waals surface area contributed by atoms with E-state index in [9.17, 15) is 0 Å². The number of alkyl halides is 1. The second-order valence-electron chi connectivity index (χ2n) is 4.20. The third kappa shape index (κ3) is 7.14. The molecule has 0 unspecified atom stereocenters. The van der Waals surface area contributed by atoms with Crippen LogP contribution in [0.25, 0.3) is 0 Å². The summed E-state index contributed by atoms with van der Waals surface area (Å²) in [5.74, 6) is 0. The van der Waals surface area contributed by atoms with Crippen LogP contribution in [0.4, 0.5) is 0 Å². The van der Waals surface area contributed by atoms with E-state index in [1.54, 1.807) is 0 Å². The second-order valence-corrected chi connectivity index (χ2v) is 11.0. The van der Waals surface area contributed by atoms with Crippen LogP contribution in [-0.4, -0.2) is 12.9 Å². The molecule has 0 atom stereocenters. The zero-order valence-corrected chi connectivity index (χ0v) is 12.1. The number of halogens is 2. The summed E-state index contributed by atoms with van der Waals surface area (Å²) in [6.07, 6.45) is 7.74. The van der Waals surface area contributed by atoms with Crippen LogP contribution in [0.15, 0.2) is 0 Å². The summed E-state index contributed by atoms with van der Waals surface area (Å²) in [4.78, 5) is 0. The van der Waals surface area contributed by atoms with E-state index in [1.807, 2.05) is 0 Å². The first-order valence-corrected chi connectivity index (χ1v) is 10.1. The number of rotatable bonds is 9. The van der Waals surface area contributed by atoms with E-state index in [0.717, 1.165) is 5.50 Å². The Morgan fingerprint density at radius 2 is 1.29 bits per heavy atom. The molecule has 0 aliphatic carbocycles. The SMILES string of the molecule is CCCCC[Si](Cl)(CCl)CCCCC. The molecule has 0 rings (SSSR count). The zero-order valence-electron chi connectivity index (χ0n) is 9.62. The van der Waals surface area contributed by atoms with Gasteiger partial charge in [0.1, 0.15) is 0 Å². The van der Waals surface area contributed by atoms with E-state index in [2.05, 4.69) is 13.8 Å². The van der Waals surface area contributed by atoms with Crippen molar-refractivity contribution in [1.29, 1.82) is 0 Å². The maximum absolute atomic E-state index is 6.60. The molecule has 0 heterocycles. The van der Waals surface area contributed by atoms with E-state index in [0.29, 0.717) is 0 Å². The van der Waals surface area contributed by atoms with Crippen LogP contribution in [0.5, 0.6) is 0 Å². The van der Waals surface area contributed by atoms with Gasteiger partial charge in [-0.15, -0.1) is 11.6 Å². The number of hydrogen-bond acceptors (Lipinski definition) is 0. The van der Waals surface area contributed by atoms with E-state index >= 15 is 0 Å². The van der Waals surface area contributed by atoms with Crippen LogP contribution >= 0.6 is 22.7 Å². The molecule has 0 aromatic rings. The lowest BCUT2D eigenvalue weighted by Crippen LogP contribution is -2.29. The van der Waals surface area contributed by atoms with Crippen molar-refractivity contribution < 1.29 is 0 Å². The largest absolute Gasteiger partial charge is 0.171 e. The fourth-order valence-electron chi connectivity index (χ4n) is 1.64. The Hall–Kier alpha value is 0.797. The van der Waals surface area contributed by atoms with Gasteiger partial charge in [0, 0.05) is 5.50 Å². The Labute approximate surface area is 100 Å². The molecular weight excluding hydrogens is 231 g/mol. The fraction of sp³-hybridized carbons (Fsp3) is 1.00. The van der Waals surface area contributed by atoms with Gasteiger partial charge in [0.2, 0.25) is 0 Å². The van der Waals surface area contributed by atoms with Crippen LogP contribution < -0.4 is 0 Å². The van der Waals surface area contributed by atoms with Gasteiger partial charge in [-0.2, -0.15) is 11.1 Å². The Morgan fingerprint density at radius 1 is 0.857 bits per heavy atom. The standard InChI is InChI=1S/C11H24Cl2Si/c1-3-5-7-9-14(13,11-12)10-8-6-4-2/h3-11H2,1-2H3. The molecule has 0 nitrogen and oxygen atoms in total. The first-order valence-electron chi connectivity index (χ1n) is 5.93. The molecule has 0 saturated heterocycles. The predicted octanol–water partition coefficient (Wildman–Crippen LogP) is 5.33. The second kappa shape index (κ2) is 9.05. The van der Waals surface area contributed by atoms with Crippen molar-refractivity contribution in [2.24, 2.45) is 0 Å². The van der Waals surface area contributed by atoms with Crippen molar-refractivity contribution in [1.82, 2.24) is 0 Å². The molecule has 0 N–H and O–H groups in total. The van der Waals surface area contributed by atoms with E-state index in [-0.39, 0.29) is 0 Å². The van der Waals surface area contributed by atoms with Gasteiger partial charge in [0.15, 0.2) is 7.38 Å². The van der Waals surface area contributed by atoms with Crippen LogP contribution in [0.2, 0.25) is 12.1 Å². The normalized spacial score (nSPS) is 12.0. The molecule has 14 heavy (non-hydrogen) atoms. The Balaban J connectivity index is 3.67. The summed E-state index contributed by atoms with van der Waals surface area (Å²) >= 11 is 12.6. The molecule has 0 amide bonds. The molecule has 86 valence electrons. The molecule has 0 aliphatic rings. The monoisotopic (exact) mass is 254 g/mol. The first-order chi connectivity index (χ1) is 6.68. The van der Waals surface area contributed by atoms with Gasteiger partial charge in [-0.25, -0.2) is 0 Å². The van der Waals surface area contributed by atoms with Crippen LogP contribution in [0.3, 0.4) is 0 Å². The van der Waals surface area contributed by atoms with Crippen molar-refractivity contribution >= 4 is 30.1 Å². The van der Waals surface area contributed by atoms with Gasteiger partial charge in [0.05, 0.1) is 0 Å². The number of unbranched alkanes of at least 4 members (excludes halogenated alkanes) is 4. The summed E-state index contributed by atoms with van der Waals surface area (Å²) in [6, 6.07) is 2.44. The van der Waals surface area contributed by atoms with Gasteiger partial charge in [0.25, 0.3) is 0 Å². The smallest absolute Gasteiger partial charge is 0.166 e. The molecule has 3 heteroatoms. The molecule has 0 saturated carbocycles. The van der Waals surface area contributed by atoms with Gasteiger partial charge in [-0.05, 0) is 12.1 Å². The minimum atomic E-state index is -1.56. The third-order valence-corrected chi connectivity index (χ3v) is 9.15. The Bertz CT molecular complexity index is 118. The summed E-state index contributed by atoms with van der Waals surface area (Å²) in [7, 11) is -1.56. The molecule has 0 fully saturated rings. The van der Waals surface area contributed by atoms with Crippen molar-refractivity contribution in [3.8, 4) is 0 Å². The van der Waals surface area contributed by atoms with Gasteiger partial charge in [-0.3, -0.25) is 0 Å². The maximum Gasteiger partial charge on any atom is 0.171 e. The molecule has 0 bridgehead atoms. The fourth-order valence-corrected chi connectivity index (χ4v) is 5.53. The predicted molar refractivity (Wildman–Crippen MR) is 71.0 cm³/mol. The minimum absolute atomic E-state index is 0.738. The van der Waals surface area contributed by atoms with Crippen molar-refractivity contribution in [2.45, 2.75) is 64.5 Å². The molecular formula is C11H24Cl2Si. The average Bonchev–Trinajstić information content (AvgIpc) is 2.19. The summed E-state index contributed by atoms with van der Waals surface area (Å²) in [5, 5.41) is 0. The summed E-state index contributed by atoms with van der Waals surface area (Å²) in [5.41, 5.74) is 0.738. The third-order valence-electron chi connectivity index (χ3n) is 2.70. The Kier molecular flexibility index (Phi) is 9.57. The molecule has 0 aliphatic heterocycles. The topological polar surface area (TPSA) is 0 Å². The quantitative estimate of drug-likeness (QED) is 0.226. The van der Waals surface area contributed by atoms with Crippen molar-refractivity contribution in [3.05, 3.63) is 0 Å². The minimum Gasteiger partial charge on any atom is -0.166 e. The molecule has 0 aromatic heterocycles. The van der Waals surface area contributed by atoms with E-state index in [4.69, 9.17) is 22.7 Å². The summed E-state index contributed by atoms with van der Waals surface area (Å²) < 4.78 is 0. The number of hydrogen-bond donors (Lipinski definition) is 0. The van der Waals surface area contributed by atoms with Crippen molar-refractivity contribution in [3.63, 3.8) is 0 Å². The van der Waals surface area contributed by atoms with E-state index < -0.39 is 7.38 Å². The highest BCUT2D eigenvalue weighted by Gasteiger charge is 2.28. The highest BCUT2D eigenvalue weighted by molar-refractivity contribution is 7.22. The van der Waals surface area contributed by atoms with Gasteiger partial charge in [-0.1, -0.05) is 52.4 Å².